The molecule has 5 rings (SSSR count). The molecule has 1 amide bonds. The lowest BCUT2D eigenvalue weighted by Gasteiger charge is -2.26. The van der Waals surface area contributed by atoms with Gasteiger partial charge in [0.25, 0.3) is 5.91 Å². The van der Waals surface area contributed by atoms with E-state index in [0.717, 1.165) is 11.3 Å². The van der Waals surface area contributed by atoms with Crippen molar-refractivity contribution in [1.82, 2.24) is 4.90 Å². The zero-order chi connectivity index (χ0) is 22.2. The van der Waals surface area contributed by atoms with E-state index < -0.39 is 11.9 Å². The van der Waals surface area contributed by atoms with Crippen molar-refractivity contribution in [3.8, 4) is 11.3 Å². The lowest BCUT2D eigenvalue weighted by molar-refractivity contribution is -0.255. The largest absolute Gasteiger partial charge is 0.545 e. The fraction of sp³-hybridized carbons (Fsp3) is 0. The Morgan fingerprint density at radius 2 is 1.78 bits per heavy atom. The third-order valence-corrected chi connectivity index (χ3v) is 5.83. The van der Waals surface area contributed by atoms with E-state index in [1.165, 1.54) is 30.0 Å². The molecule has 0 saturated carbocycles. The van der Waals surface area contributed by atoms with E-state index in [9.17, 15) is 14.7 Å². The first-order valence-corrected chi connectivity index (χ1v) is 10.5. The number of furan rings is 1. The molecule has 1 N–H and O–H groups in total. The number of hydrogen-bond acceptors (Lipinski definition) is 6. The minimum atomic E-state index is -1.25. The summed E-state index contributed by atoms with van der Waals surface area (Å²) in [5.41, 5.74) is 2.57. The number of carbonyl (C=O) groups excluding carboxylic acids is 2. The number of nitrogens with zero attached hydrogens (tertiary/aromatic N) is 2. The first kappa shape index (κ1) is 19.8. The number of fused-ring (bicyclic) bond motifs is 1. The Morgan fingerprint density at radius 3 is 2.50 bits per heavy atom. The van der Waals surface area contributed by atoms with Crippen LogP contribution in [-0.4, -0.2) is 27.8 Å². The summed E-state index contributed by atoms with van der Waals surface area (Å²) in [6.07, 6.45) is 1.50. The molecule has 7 nitrogen and oxygen atoms in total. The van der Waals surface area contributed by atoms with Gasteiger partial charge in [-0.25, -0.2) is 0 Å². The van der Waals surface area contributed by atoms with Crippen molar-refractivity contribution in [2.24, 2.45) is 4.99 Å². The lowest BCUT2D eigenvalue weighted by atomic mass is 10.1. The third-order valence-electron chi connectivity index (χ3n) is 5.00. The summed E-state index contributed by atoms with van der Waals surface area (Å²) < 4.78 is 5.82. The number of aromatic carboxylic acids is 1. The second kappa shape index (κ2) is 7.82. The quantitative estimate of drug-likeness (QED) is 0.621. The van der Waals surface area contributed by atoms with Crippen LogP contribution >= 0.6 is 11.8 Å². The van der Waals surface area contributed by atoms with Gasteiger partial charge in [-0.3, -0.25) is 15.1 Å². The standard InChI is InChI=1S/C24H15N3O4S/c25-21-18(12-17-10-11-20(31-17)15-6-8-16(9-7-15)23(29)30)22(28)26-24-27(21)19(13-32-24)14-4-2-1-3-5-14/h1-13,25H,(H,29,30)/p-1/b18-12-,25-21?. The molecule has 2 aliphatic heterocycles. The number of thioether (sulfide) groups is 1. The highest BCUT2D eigenvalue weighted by Crippen LogP contribution is 2.37. The zero-order valence-electron chi connectivity index (χ0n) is 16.4. The highest BCUT2D eigenvalue weighted by molar-refractivity contribution is 8.17. The normalized spacial score (nSPS) is 16.8. The van der Waals surface area contributed by atoms with Crippen molar-refractivity contribution < 1.29 is 19.1 Å². The van der Waals surface area contributed by atoms with E-state index in [1.807, 2.05) is 35.7 Å². The molecule has 156 valence electrons. The number of hydrogen-bond donors (Lipinski definition) is 1. The van der Waals surface area contributed by atoms with E-state index in [-0.39, 0.29) is 17.0 Å². The first-order valence-electron chi connectivity index (χ1n) is 9.59. The predicted octanol–water partition coefficient (Wildman–Crippen LogP) is 3.61. The molecule has 0 bridgehead atoms. The number of amides is 1. The van der Waals surface area contributed by atoms with Gasteiger partial charge in [-0.1, -0.05) is 66.4 Å². The topological polar surface area (TPSA) is 110 Å². The Balaban J connectivity index is 1.45. The van der Waals surface area contributed by atoms with Crippen LogP contribution in [0, 0.1) is 5.41 Å². The van der Waals surface area contributed by atoms with Crippen LogP contribution in [-0.2, 0) is 4.79 Å². The number of amidine groups is 2. The molecule has 0 atom stereocenters. The molecule has 3 aromatic rings. The number of carbonyl (C=O) groups is 2. The van der Waals surface area contributed by atoms with Gasteiger partial charge in [0, 0.05) is 11.0 Å². The van der Waals surface area contributed by atoms with Crippen LogP contribution in [0.2, 0.25) is 0 Å². The first-order chi connectivity index (χ1) is 15.5. The maximum atomic E-state index is 12.6. The summed E-state index contributed by atoms with van der Waals surface area (Å²) in [6.45, 7) is 0. The molecule has 2 aliphatic rings. The van der Waals surface area contributed by atoms with Crippen molar-refractivity contribution in [3.63, 3.8) is 0 Å². The van der Waals surface area contributed by atoms with Gasteiger partial charge in [0.1, 0.15) is 17.4 Å². The zero-order valence-corrected chi connectivity index (χ0v) is 17.3. The van der Waals surface area contributed by atoms with E-state index in [4.69, 9.17) is 9.83 Å². The van der Waals surface area contributed by atoms with Gasteiger partial charge in [-0.05, 0) is 29.3 Å². The summed E-state index contributed by atoms with van der Waals surface area (Å²) in [5.74, 6) is -0.848. The Morgan fingerprint density at radius 1 is 1.03 bits per heavy atom. The smallest absolute Gasteiger partial charge is 0.283 e. The summed E-state index contributed by atoms with van der Waals surface area (Å²) >= 11 is 1.30. The number of rotatable bonds is 4. The number of benzene rings is 2. The molecule has 0 aliphatic carbocycles. The molecule has 0 spiro atoms. The van der Waals surface area contributed by atoms with E-state index in [1.54, 1.807) is 29.2 Å². The second-order valence-electron chi connectivity index (χ2n) is 7.00. The molecule has 1 aromatic heterocycles. The Kier molecular flexibility index (Phi) is 4.84. The molecular formula is C24H14N3O4S-. The van der Waals surface area contributed by atoms with Crippen molar-refractivity contribution in [3.05, 3.63) is 94.6 Å². The van der Waals surface area contributed by atoms with Gasteiger partial charge < -0.3 is 14.3 Å². The van der Waals surface area contributed by atoms with Crippen LogP contribution in [0.25, 0.3) is 23.1 Å². The van der Waals surface area contributed by atoms with Crippen LogP contribution in [0.1, 0.15) is 21.7 Å². The van der Waals surface area contributed by atoms with E-state index >= 15 is 0 Å². The molecule has 0 saturated heterocycles. The number of carboxylic acid groups (broad SMARTS) is 1. The minimum Gasteiger partial charge on any atom is -0.545 e. The van der Waals surface area contributed by atoms with Gasteiger partial charge in [0.2, 0.25) is 0 Å². The lowest BCUT2D eigenvalue weighted by Crippen LogP contribution is -2.37. The van der Waals surface area contributed by atoms with Crippen LogP contribution in [0.5, 0.6) is 0 Å². The molecule has 3 heterocycles. The van der Waals surface area contributed by atoms with Gasteiger partial charge in [0.05, 0.1) is 17.2 Å². The molecule has 2 aromatic carbocycles. The van der Waals surface area contributed by atoms with Crippen molar-refractivity contribution in [1.29, 1.82) is 5.41 Å². The number of carboxylic acids is 1. The average Bonchev–Trinajstić information content (AvgIpc) is 3.44. The van der Waals surface area contributed by atoms with Crippen LogP contribution in [0.15, 0.2) is 87.1 Å². The summed E-state index contributed by atoms with van der Waals surface area (Å²) in [4.78, 5) is 29.3. The van der Waals surface area contributed by atoms with Gasteiger partial charge in [-0.15, -0.1) is 0 Å². The predicted molar refractivity (Wildman–Crippen MR) is 120 cm³/mol. The number of nitrogens with one attached hydrogen (secondary N) is 1. The van der Waals surface area contributed by atoms with Crippen LogP contribution < -0.4 is 5.11 Å². The molecule has 0 unspecified atom stereocenters. The highest BCUT2D eigenvalue weighted by atomic mass is 32.2. The molecule has 8 heteroatoms. The second-order valence-corrected chi connectivity index (χ2v) is 7.83. The highest BCUT2D eigenvalue weighted by Gasteiger charge is 2.36. The Hall–Kier alpha value is -4.17. The number of aliphatic imine (C=N–C) groups is 1. The van der Waals surface area contributed by atoms with Crippen molar-refractivity contribution in [2.75, 3.05) is 0 Å². The van der Waals surface area contributed by atoms with Gasteiger partial charge in [0.15, 0.2) is 5.17 Å². The van der Waals surface area contributed by atoms with Crippen LogP contribution in [0.4, 0.5) is 0 Å². The molecule has 0 radical (unpaired) electrons. The van der Waals surface area contributed by atoms with Crippen molar-refractivity contribution >= 4 is 46.4 Å². The van der Waals surface area contributed by atoms with E-state index in [2.05, 4.69) is 4.99 Å². The Bertz CT molecular complexity index is 1350. The fourth-order valence-corrected chi connectivity index (χ4v) is 4.30. The van der Waals surface area contributed by atoms with E-state index in [0.29, 0.717) is 22.3 Å². The third kappa shape index (κ3) is 3.46. The molecule has 0 fully saturated rings. The van der Waals surface area contributed by atoms with Gasteiger partial charge in [-0.2, -0.15) is 4.99 Å². The monoisotopic (exact) mass is 440 g/mol. The minimum absolute atomic E-state index is 0.0244. The maximum absolute atomic E-state index is 12.6. The summed E-state index contributed by atoms with van der Waals surface area (Å²) in [5, 5.41) is 21.9. The van der Waals surface area contributed by atoms with Gasteiger partial charge >= 0.3 is 0 Å². The molecular weight excluding hydrogens is 426 g/mol. The average molecular weight is 440 g/mol. The molecule has 32 heavy (non-hydrogen) atoms. The summed E-state index contributed by atoms with van der Waals surface area (Å²) in [7, 11) is 0. The SMILES string of the molecule is N=C1/C(=C/c2ccc(-c3ccc(C(=O)[O-])cc3)o2)C(=O)N=C2SC=C(c3ccccc3)N12. The maximum Gasteiger partial charge on any atom is 0.283 e. The Labute approximate surface area is 186 Å². The fourth-order valence-electron chi connectivity index (χ4n) is 3.41. The van der Waals surface area contributed by atoms with Crippen LogP contribution in [0.3, 0.4) is 0 Å². The summed E-state index contributed by atoms with van der Waals surface area (Å²) in [6, 6.07) is 19.1. The van der Waals surface area contributed by atoms with Crippen molar-refractivity contribution in [2.45, 2.75) is 0 Å².